The maximum absolute atomic E-state index is 12.1. The number of allylic oxidation sites excluding steroid dienone is 8. The molecule has 4 heterocycles. The van der Waals surface area contributed by atoms with Crippen LogP contribution in [0.4, 0.5) is 0 Å². The third kappa shape index (κ3) is 2.03. The van der Waals surface area contributed by atoms with E-state index in [0.717, 1.165) is 56.7 Å². The van der Waals surface area contributed by atoms with Gasteiger partial charge in [-0.25, -0.2) is 9.97 Å². The second-order valence-corrected chi connectivity index (χ2v) is 9.62. The van der Waals surface area contributed by atoms with E-state index in [0.29, 0.717) is 0 Å². The summed E-state index contributed by atoms with van der Waals surface area (Å²) in [5, 5.41) is 0. The van der Waals surface area contributed by atoms with Crippen LogP contribution < -0.4 is 0 Å². The number of hydrogen-bond donors (Lipinski definition) is 0. The van der Waals surface area contributed by atoms with Crippen LogP contribution in [0.2, 0.25) is 0 Å². The Balaban J connectivity index is 1.60. The van der Waals surface area contributed by atoms with Gasteiger partial charge in [-0.2, -0.15) is 0 Å². The van der Waals surface area contributed by atoms with E-state index in [1.165, 1.54) is 0 Å². The summed E-state index contributed by atoms with van der Waals surface area (Å²) in [7, 11) is 0. The van der Waals surface area contributed by atoms with Gasteiger partial charge >= 0.3 is 0 Å². The van der Waals surface area contributed by atoms with Crippen molar-refractivity contribution in [3.05, 3.63) is 94.6 Å². The Bertz CT molecular complexity index is 1480. The van der Waals surface area contributed by atoms with Gasteiger partial charge in [0.25, 0.3) is 0 Å². The summed E-state index contributed by atoms with van der Waals surface area (Å²) in [4.78, 5) is 34.0. The van der Waals surface area contributed by atoms with Crippen LogP contribution in [0, 0.1) is 27.7 Å². The van der Waals surface area contributed by atoms with Crippen LogP contribution in [0.3, 0.4) is 0 Å². The molecule has 2 aromatic heterocycles. The van der Waals surface area contributed by atoms with Crippen molar-refractivity contribution in [2.45, 2.75) is 38.8 Å². The van der Waals surface area contributed by atoms with Crippen LogP contribution >= 0.6 is 0 Å². The number of nitrogens with zero attached hydrogens (tertiary/aromatic N) is 4. The number of ketones is 2. The van der Waals surface area contributed by atoms with Crippen molar-refractivity contribution in [3.63, 3.8) is 0 Å². The van der Waals surface area contributed by atoms with Gasteiger partial charge in [0.15, 0.2) is 11.6 Å². The van der Waals surface area contributed by atoms with Crippen molar-refractivity contribution in [1.29, 1.82) is 0 Å². The van der Waals surface area contributed by atoms with Gasteiger partial charge in [-0.15, -0.1) is 0 Å². The molecule has 1 aromatic carbocycles. The van der Waals surface area contributed by atoms with Gasteiger partial charge in [0, 0.05) is 22.5 Å². The van der Waals surface area contributed by atoms with E-state index in [4.69, 9.17) is 9.97 Å². The Morgan fingerprint density at radius 1 is 0.618 bits per heavy atom. The van der Waals surface area contributed by atoms with Gasteiger partial charge in [0.2, 0.25) is 0 Å². The van der Waals surface area contributed by atoms with Gasteiger partial charge < -0.3 is 9.13 Å². The summed E-state index contributed by atoms with van der Waals surface area (Å²) < 4.78 is 4.46. The first kappa shape index (κ1) is 19.4. The van der Waals surface area contributed by atoms with E-state index in [1.807, 2.05) is 38.2 Å². The lowest BCUT2D eigenvalue weighted by molar-refractivity contribution is -0.111. The highest BCUT2D eigenvalue weighted by atomic mass is 16.1. The number of benzene rings is 1. The summed E-state index contributed by atoms with van der Waals surface area (Å²) in [6, 6.07) is 4.42. The van der Waals surface area contributed by atoms with Crippen molar-refractivity contribution < 1.29 is 9.59 Å². The zero-order chi connectivity index (χ0) is 23.6. The van der Waals surface area contributed by atoms with Crippen LogP contribution in [-0.2, 0) is 20.7 Å². The Hall–Kier alpha value is -4.06. The lowest BCUT2D eigenvalue weighted by Crippen LogP contribution is -2.31. The van der Waals surface area contributed by atoms with E-state index in [-0.39, 0.29) is 11.6 Å². The zero-order valence-electron chi connectivity index (χ0n) is 19.4. The fourth-order valence-corrected chi connectivity index (χ4v) is 6.08. The lowest BCUT2D eigenvalue weighted by Gasteiger charge is -2.30. The second-order valence-electron chi connectivity index (χ2n) is 9.62. The van der Waals surface area contributed by atoms with Gasteiger partial charge in [-0.05, 0) is 99.6 Å². The highest BCUT2D eigenvalue weighted by Gasteiger charge is 2.48. The topological polar surface area (TPSA) is 69.8 Å². The molecule has 2 aliphatic heterocycles. The molecule has 2 aliphatic carbocycles. The molecular formula is C28H22N4O2. The molecule has 7 rings (SSSR count). The molecule has 0 amide bonds. The van der Waals surface area contributed by atoms with Crippen LogP contribution in [0.1, 0.15) is 33.9 Å². The number of fused-ring (bicyclic) bond motifs is 10. The number of carbonyl (C=O) groups excluding carboxylic acids is 2. The number of aryl methyl sites for hydroxylation is 2. The molecule has 0 radical (unpaired) electrons. The molecule has 4 aliphatic rings. The van der Waals surface area contributed by atoms with Crippen LogP contribution in [-0.4, -0.2) is 30.7 Å². The molecule has 0 saturated heterocycles. The van der Waals surface area contributed by atoms with Crippen molar-refractivity contribution >= 4 is 11.6 Å². The molecule has 3 aromatic rings. The first-order valence-corrected chi connectivity index (χ1v) is 11.4. The number of aromatic nitrogens is 4. The molecule has 0 unspecified atom stereocenters. The first-order chi connectivity index (χ1) is 16.3. The van der Waals surface area contributed by atoms with Crippen molar-refractivity contribution in [3.8, 4) is 22.8 Å². The molecular weight excluding hydrogens is 424 g/mol. The van der Waals surface area contributed by atoms with E-state index in [9.17, 15) is 9.59 Å². The molecule has 0 fully saturated rings. The molecule has 0 atom stereocenters. The SMILES string of the molecule is Cc1nc2n(c1C)C1(C=CC(=O)C=C1)c1cc3c(cc1-2)C1(C=CC(=O)C=C1)n1c-3nc(C)c1C. The van der Waals surface area contributed by atoms with E-state index >= 15 is 0 Å². The smallest absolute Gasteiger partial charge is 0.178 e. The van der Waals surface area contributed by atoms with Crippen LogP contribution in [0.15, 0.2) is 60.7 Å². The lowest BCUT2D eigenvalue weighted by atomic mass is 9.80. The number of carbonyl (C=O) groups is 2. The van der Waals surface area contributed by atoms with Crippen molar-refractivity contribution in [2.24, 2.45) is 0 Å². The van der Waals surface area contributed by atoms with E-state index in [2.05, 4.69) is 35.1 Å². The average molecular weight is 447 g/mol. The maximum Gasteiger partial charge on any atom is 0.178 e. The highest BCUT2D eigenvalue weighted by molar-refractivity contribution is 6.02. The highest BCUT2D eigenvalue weighted by Crippen LogP contribution is 2.54. The van der Waals surface area contributed by atoms with Gasteiger partial charge in [-0.3, -0.25) is 9.59 Å². The van der Waals surface area contributed by atoms with Crippen LogP contribution in [0.25, 0.3) is 22.8 Å². The van der Waals surface area contributed by atoms with Gasteiger partial charge in [-0.1, -0.05) is 0 Å². The Kier molecular flexibility index (Phi) is 3.36. The normalized spacial score (nSPS) is 19.3. The minimum absolute atomic E-state index is 0.0147. The first-order valence-electron chi connectivity index (χ1n) is 11.4. The molecule has 0 bridgehead atoms. The Morgan fingerprint density at radius 2 is 0.971 bits per heavy atom. The van der Waals surface area contributed by atoms with E-state index < -0.39 is 11.1 Å². The largest absolute Gasteiger partial charge is 0.311 e. The minimum atomic E-state index is -0.607. The molecule has 34 heavy (non-hydrogen) atoms. The fraction of sp³-hybridized carbons (Fsp3) is 0.214. The summed E-state index contributed by atoms with van der Waals surface area (Å²) >= 11 is 0. The predicted molar refractivity (Wildman–Crippen MR) is 129 cm³/mol. The maximum atomic E-state index is 12.1. The molecule has 166 valence electrons. The summed E-state index contributed by atoms with van der Waals surface area (Å²) in [6.07, 6.45) is 14.5. The molecule has 0 N–H and O–H groups in total. The quantitative estimate of drug-likeness (QED) is 0.520. The summed E-state index contributed by atoms with van der Waals surface area (Å²) in [5.41, 5.74) is 7.11. The van der Waals surface area contributed by atoms with Crippen molar-refractivity contribution in [2.75, 3.05) is 0 Å². The molecule has 6 heteroatoms. The molecule has 6 nitrogen and oxygen atoms in total. The standard InChI is InChI=1S/C28H22N4O2/c1-15-17(3)31-25(29-15)21-13-24-22(14-23(21)27(31)9-5-19(33)6-10-27)26-30-16(2)18(4)32(26)28(24)11-7-20(34)8-12-28/h5-14H,1-4H3. The monoisotopic (exact) mass is 446 g/mol. The molecule has 2 spiro atoms. The van der Waals surface area contributed by atoms with E-state index in [1.54, 1.807) is 24.3 Å². The van der Waals surface area contributed by atoms with Gasteiger partial charge in [0.05, 0.1) is 11.4 Å². The van der Waals surface area contributed by atoms with Gasteiger partial charge in [0.1, 0.15) is 22.7 Å². The Labute approximate surface area is 196 Å². The third-order valence-electron chi connectivity index (χ3n) is 7.94. The van der Waals surface area contributed by atoms with Crippen molar-refractivity contribution in [1.82, 2.24) is 19.1 Å². The molecule has 0 saturated carbocycles. The van der Waals surface area contributed by atoms with Crippen LogP contribution in [0.5, 0.6) is 0 Å². The third-order valence-corrected chi connectivity index (χ3v) is 7.94. The minimum Gasteiger partial charge on any atom is -0.311 e. The second kappa shape index (κ2) is 5.89. The number of rotatable bonds is 0. The summed E-state index contributed by atoms with van der Waals surface area (Å²) in [6.45, 7) is 8.18. The average Bonchev–Trinajstić information content (AvgIpc) is 3.46. The Morgan fingerprint density at radius 3 is 1.32 bits per heavy atom. The zero-order valence-corrected chi connectivity index (χ0v) is 19.4. The fourth-order valence-electron chi connectivity index (χ4n) is 6.08. The number of hydrogen-bond acceptors (Lipinski definition) is 4. The number of imidazole rings is 2. The summed E-state index contributed by atoms with van der Waals surface area (Å²) in [5.74, 6) is 1.76. The predicted octanol–water partition coefficient (Wildman–Crippen LogP) is 4.15.